The Morgan fingerprint density at radius 2 is 1.90 bits per heavy atom. The highest BCUT2D eigenvalue weighted by Gasteiger charge is 2.43. The summed E-state index contributed by atoms with van der Waals surface area (Å²) in [7, 11) is 2.60. The van der Waals surface area contributed by atoms with Crippen LogP contribution in [0, 0.1) is 0 Å². The number of hydrogen-bond donors (Lipinski definition) is 2. The summed E-state index contributed by atoms with van der Waals surface area (Å²) in [6.07, 6.45) is -0.376. The molecule has 0 spiro atoms. The number of carboxylic acids is 1. The first-order valence-corrected chi connectivity index (χ1v) is 6.75. The molecular weight excluding hydrogens is 280 g/mol. The second-order valence-electron chi connectivity index (χ2n) is 5.08. The molecule has 0 aromatic rings. The highest BCUT2D eigenvalue weighted by Crippen LogP contribution is 2.25. The molecule has 0 aliphatic carbocycles. The van der Waals surface area contributed by atoms with Crippen molar-refractivity contribution < 1.29 is 29.0 Å². The number of nitrogens with zero attached hydrogens (tertiary/aromatic N) is 1. The standard InChI is InChI=1S/C13H22N2O6/c1-7-5-6-9(12(17)18)15(7)11(16)10(8(2)20-3)14-13(19)21-4/h7-10H,5-6H2,1-4H3,(H,14,19)(H,17,18)/t7-,8?,9-,10?/m0/s1. The molecule has 4 atom stereocenters. The van der Waals surface area contributed by atoms with E-state index in [0.29, 0.717) is 12.8 Å². The van der Waals surface area contributed by atoms with Gasteiger partial charge in [-0.05, 0) is 26.7 Å². The molecule has 0 saturated carbocycles. The smallest absolute Gasteiger partial charge is 0.407 e. The lowest BCUT2D eigenvalue weighted by molar-refractivity contribution is -0.151. The average Bonchev–Trinajstić information content (AvgIpc) is 2.84. The van der Waals surface area contributed by atoms with Crippen molar-refractivity contribution in [1.29, 1.82) is 0 Å². The molecular formula is C13H22N2O6. The fourth-order valence-electron chi connectivity index (χ4n) is 2.46. The first kappa shape index (κ1) is 17.2. The molecule has 1 aliphatic rings. The maximum Gasteiger partial charge on any atom is 0.407 e. The SMILES string of the molecule is COC(=O)NC(C(=O)N1[C@@H](C)CC[C@H]1C(=O)O)C(C)OC. The van der Waals surface area contributed by atoms with Crippen molar-refractivity contribution in [3.8, 4) is 0 Å². The van der Waals surface area contributed by atoms with Gasteiger partial charge in [-0.15, -0.1) is 0 Å². The summed E-state index contributed by atoms with van der Waals surface area (Å²) >= 11 is 0. The zero-order valence-corrected chi connectivity index (χ0v) is 12.7. The van der Waals surface area contributed by atoms with E-state index in [0.717, 1.165) is 0 Å². The van der Waals surface area contributed by atoms with Crippen molar-refractivity contribution in [2.45, 2.75) is 50.9 Å². The van der Waals surface area contributed by atoms with Gasteiger partial charge in [0.25, 0.3) is 0 Å². The number of amides is 2. The lowest BCUT2D eigenvalue weighted by Crippen LogP contribution is -2.57. The topological polar surface area (TPSA) is 105 Å². The van der Waals surface area contributed by atoms with E-state index in [4.69, 9.17) is 4.74 Å². The van der Waals surface area contributed by atoms with E-state index < -0.39 is 36.2 Å². The molecule has 1 saturated heterocycles. The quantitative estimate of drug-likeness (QED) is 0.752. The zero-order chi connectivity index (χ0) is 16.2. The number of methoxy groups -OCH3 is 2. The molecule has 21 heavy (non-hydrogen) atoms. The number of ether oxygens (including phenoxy) is 2. The van der Waals surface area contributed by atoms with Gasteiger partial charge in [-0.2, -0.15) is 0 Å². The number of likely N-dealkylation sites (tertiary alicyclic amines) is 1. The predicted molar refractivity (Wildman–Crippen MR) is 72.8 cm³/mol. The lowest BCUT2D eigenvalue weighted by Gasteiger charge is -2.32. The largest absolute Gasteiger partial charge is 0.480 e. The van der Waals surface area contributed by atoms with Crippen LogP contribution in [0.5, 0.6) is 0 Å². The van der Waals surface area contributed by atoms with E-state index in [2.05, 4.69) is 10.1 Å². The Morgan fingerprint density at radius 1 is 1.29 bits per heavy atom. The highest BCUT2D eigenvalue weighted by molar-refractivity contribution is 5.90. The normalized spacial score (nSPS) is 24.3. The first-order valence-electron chi connectivity index (χ1n) is 6.75. The second kappa shape index (κ2) is 7.26. The maximum absolute atomic E-state index is 12.6. The highest BCUT2D eigenvalue weighted by atomic mass is 16.5. The molecule has 0 aromatic carbocycles. The summed E-state index contributed by atoms with van der Waals surface area (Å²) in [6, 6.07) is -2.08. The Bertz CT molecular complexity index is 413. The van der Waals surface area contributed by atoms with Gasteiger partial charge in [-0.25, -0.2) is 9.59 Å². The molecule has 0 radical (unpaired) electrons. The minimum Gasteiger partial charge on any atom is -0.480 e. The molecule has 1 aliphatic heterocycles. The molecule has 8 nitrogen and oxygen atoms in total. The minimum absolute atomic E-state index is 0.204. The number of carbonyl (C=O) groups excluding carboxylic acids is 2. The summed E-state index contributed by atoms with van der Waals surface area (Å²) in [5, 5.41) is 11.6. The Kier molecular flexibility index (Phi) is 5.95. The van der Waals surface area contributed by atoms with Gasteiger partial charge in [0.1, 0.15) is 12.1 Å². The predicted octanol–water partition coefficient (Wildman–Crippen LogP) is 0.210. The summed E-state index contributed by atoms with van der Waals surface area (Å²) in [5.41, 5.74) is 0. The number of alkyl carbamates (subject to hydrolysis) is 1. The van der Waals surface area contributed by atoms with Crippen LogP contribution in [-0.4, -0.2) is 66.4 Å². The van der Waals surface area contributed by atoms with Crippen molar-refractivity contribution >= 4 is 18.0 Å². The van der Waals surface area contributed by atoms with E-state index in [-0.39, 0.29) is 6.04 Å². The minimum atomic E-state index is -1.05. The molecule has 120 valence electrons. The molecule has 1 heterocycles. The summed E-state index contributed by atoms with van der Waals surface area (Å²) < 4.78 is 9.60. The van der Waals surface area contributed by atoms with Crippen LogP contribution in [0.1, 0.15) is 26.7 Å². The summed E-state index contributed by atoms with van der Waals surface area (Å²) in [5.74, 6) is -1.53. The number of carboxylic acid groups (broad SMARTS) is 1. The molecule has 1 rings (SSSR count). The first-order chi connectivity index (χ1) is 9.83. The number of aliphatic carboxylic acids is 1. The van der Waals surface area contributed by atoms with E-state index in [1.807, 2.05) is 0 Å². The molecule has 1 fully saturated rings. The lowest BCUT2D eigenvalue weighted by atomic mass is 10.1. The monoisotopic (exact) mass is 302 g/mol. The number of rotatable bonds is 5. The van der Waals surface area contributed by atoms with Crippen LogP contribution in [0.25, 0.3) is 0 Å². The van der Waals surface area contributed by atoms with Gasteiger partial charge in [-0.3, -0.25) is 4.79 Å². The third kappa shape index (κ3) is 3.84. The van der Waals surface area contributed by atoms with Crippen molar-refractivity contribution in [3.63, 3.8) is 0 Å². The van der Waals surface area contributed by atoms with E-state index in [9.17, 15) is 19.5 Å². The molecule has 8 heteroatoms. The Labute approximate surface area is 123 Å². The van der Waals surface area contributed by atoms with Crippen molar-refractivity contribution in [2.24, 2.45) is 0 Å². The average molecular weight is 302 g/mol. The third-order valence-corrected chi connectivity index (χ3v) is 3.77. The van der Waals surface area contributed by atoms with Gasteiger partial charge < -0.3 is 24.8 Å². The Balaban J connectivity index is 2.97. The third-order valence-electron chi connectivity index (χ3n) is 3.77. The fourth-order valence-corrected chi connectivity index (χ4v) is 2.46. The van der Waals surface area contributed by atoms with Gasteiger partial charge in [0.15, 0.2) is 0 Å². The number of nitrogens with one attached hydrogen (secondary N) is 1. The van der Waals surface area contributed by atoms with Gasteiger partial charge in [0, 0.05) is 13.2 Å². The van der Waals surface area contributed by atoms with Crippen LogP contribution in [0.3, 0.4) is 0 Å². The second-order valence-corrected chi connectivity index (χ2v) is 5.08. The van der Waals surface area contributed by atoms with Crippen LogP contribution < -0.4 is 5.32 Å². The van der Waals surface area contributed by atoms with Crippen molar-refractivity contribution in [1.82, 2.24) is 10.2 Å². The molecule has 0 aromatic heterocycles. The van der Waals surface area contributed by atoms with Crippen LogP contribution in [-0.2, 0) is 19.1 Å². The van der Waals surface area contributed by atoms with E-state index >= 15 is 0 Å². The van der Waals surface area contributed by atoms with Crippen LogP contribution in [0.15, 0.2) is 0 Å². The van der Waals surface area contributed by atoms with Crippen LogP contribution >= 0.6 is 0 Å². The van der Waals surface area contributed by atoms with Gasteiger partial charge >= 0.3 is 12.1 Å². The van der Waals surface area contributed by atoms with E-state index in [1.165, 1.54) is 19.1 Å². The number of hydrogen-bond acceptors (Lipinski definition) is 5. The van der Waals surface area contributed by atoms with Crippen molar-refractivity contribution in [3.05, 3.63) is 0 Å². The summed E-state index contributed by atoms with van der Waals surface area (Å²) in [6.45, 7) is 3.41. The van der Waals surface area contributed by atoms with Crippen LogP contribution in [0.2, 0.25) is 0 Å². The summed E-state index contributed by atoms with van der Waals surface area (Å²) in [4.78, 5) is 36.6. The molecule has 0 bridgehead atoms. The zero-order valence-electron chi connectivity index (χ0n) is 12.7. The van der Waals surface area contributed by atoms with Crippen molar-refractivity contribution in [2.75, 3.05) is 14.2 Å². The van der Waals surface area contributed by atoms with Gasteiger partial charge in [0.2, 0.25) is 5.91 Å². The van der Waals surface area contributed by atoms with Crippen LogP contribution in [0.4, 0.5) is 4.79 Å². The van der Waals surface area contributed by atoms with Gasteiger partial charge in [0.05, 0.1) is 13.2 Å². The Morgan fingerprint density at radius 3 is 2.38 bits per heavy atom. The van der Waals surface area contributed by atoms with E-state index in [1.54, 1.807) is 13.8 Å². The Hall–Kier alpha value is -1.83. The number of carbonyl (C=O) groups is 3. The maximum atomic E-state index is 12.6. The van der Waals surface area contributed by atoms with Gasteiger partial charge in [-0.1, -0.05) is 0 Å². The fraction of sp³-hybridized carbons (Fsp3) is 0.769. The molecule has 2 unspecified atom stereocenters. The molecule has 2 amide bonds. The molecule has 2 N–H and O–H groups in total.